The van der Waals surface area contributed by atoms with Gasteiger partial charge in [-0.15, -0.1) is 12.4 Å². The van der Waals surface area contributed by atoms with Gasteiger partial charge < -0.3 is 5.32 Å². The van der Waals surface area contributed by atoms with Gasteiger partial charge in [0.05, 0.1) is 5.52 Å². The van der Waals surface area contributed by atoms with E-state index >= 15 is 0 Å². The normalized spacial score (nSPS) is 18.0. The van der Waals surface area contributed by atoms with Crippen molar-refractivity contribution in [2.24, 2.45) is 0 Å². The van der Waals surface area contributed by atoms with Crippen molar-refractivity contribution >= 4 is 23.3 Å². The Balaban J connectivity index is 0.00000182. The molecule has 25 heavy (non-hydrogen) atoms. The van der Waals surface area contributed by atoms with Gasteiger partial charge in [0.1, 0.15) is 5.82 Å². The van der Waals surface area contributed by atoms with E-state index in [1.807, 2.05) is 18.3 Å². The number of benzene rings is 2. The first-order chi connectivity index (χ1) is 11.8. The molecule has 1 saturated heterocycles. The number of nitrogens with one attached hydrogen (secondary N) is 1. The smallest absolute Gasteiger partial charge is 0.123 e. The Hall–Kier alpha value is -2.01. The third-order valence-corrected chi connectivity index (χ3v) is 4.68. The fraction of sp³-hybridized carbons (Fsp3) is 0.250. The highest BCUT2D eigenvalue weighted by atomic mass is 35.5. The number of hydrogen-bond acceptors (Lipinski definition) is 3. The minimum atomic E-state index is -0.176. The summed E-state index contributed by atoms with van der Waals surface area (Å²) in [6, 6.07) is 17.5. The van der Waals surface area contributed by atoms with Gasteiger partial charge in [0, 0.05) is 43.8 Å². The molecule has 0 aliphatic carbocycles. The molecule has 2 heterocycles. The van der Waals surface area contributed by atoms with Gasteiger partial charge in [-0.25, -0.2) is 4.39 Å². The standard InChI is InChI=1S/C20H20FN3.ClH/c21-18-8-2-5-16(12-18)19-13-22-10-11-24(19)14-17-6-1-4-15-7-3-9-23-20(15)17;/h1-9,12,19,22H,10-11,13-14H2;1H. The maximum atomic E-state index is 13.6. The zero-order valence-electron chi connectivity index (χ0n) is 13.9. The molecule has 0 spiro atoms. The highest BCUT2D eigenvalue weighted by Gasteiger charge is 2.24. The molecule has 2 aromatic carbocycles. The average Bonchev–Trinajstić information content (AvgIpc) is 2.62. The molecule has 0 amide bonds. The van der Waals surface area contributed by atoms with E-state index in [0.717, 1.165) is 42.6 Å². The van der Waals surface area contributed by atoms with E-state index in [4.69, 9.17) is 0 Å². The van der Waals surface area contributed by atoms with Gasteiger partial charge in [0.15, 0.2) is 0 Å². The van der Waals surface area contributed by atoms with Gasteiger partial charge in [-0.05, 0) is 29.3 Å². The largest absolute Gasteiger partial charge is 0.314 e. The van der Waals surface area contributed by atoms with E-state index in [9.17, 15) is 4.39 Å². The second kappa shape index (κ2) is 7.91. The molecule has 1 N–H and O–H groups in total. The topological polar surface area (TPSA) is 28.2 Å². The van der Waals surface area contributed by atoms with Gasteiger partial charge in [0.25, 0.3) is 0 Å². The summed E-state index contributed by atoms with van der Waals surface area (Å²) in [6.07, 6.45) is 1.84. The Bertz CT molecular complexity index is 850. The summed E-state index contributed by atoms with van der Waals surface area (Å²) in [5.74, 6) is -0.176. The van der Waals surface area contributed by atoms with Crippen molar-refractivity contribution < 1.29 is 4.39 Å². The summed E-state index contributed by atoms with van der Waals surface area (Å²) < 4.78 is 13.6. The van der Waals surface area contributed by atoms with Crippen LogP contribution >= 0.6 is 12.4 Å². The maximum Gasteiger partial charge on any atom is 0.123 e. The summed E-state index contributed by atoms with van der Waals surface area (Å²) >= 11 is 0. The average molecular weight is 358 g/mol. The molecule has 5 heteroatoms. The predicted octanol–water partition coefficient (Wildman–Crippen LogP) is 3.94. The Morgan fingerprint density at radius 1 is 1.12 bits per heavy atom. The van der Waals surface area contributed by atoms with Crippen LogP contribution in [-0.4, -0.2) is 29.5 Å². The molecule has 1 fully saturated rings. The van der Waals surface area contributed by atoms with Crippen molar-refractivity contribution in [3.63, 3.8) is 0 Å². The molecule has 4 rings (SSSR count). The summed E-state index contributed by atoms with van der Waals surface area (Å²) in [7, 11) is 0. The summed E-state index contributed by atoms with van der Waals surface area (Å²) in [5, 5.41) is 4.59. The molecule has 1 aliphatic heterocycles. The third-order valence-electron chi connectivity index (χ3n) is 4.68. The van der Waals surface area contributed by atoms with Crippen molar-refractivity contribution in [3.8, 4) is 0 Å². The highest BCUT2D eigenvalue weighted by molar-refractivity contribution is 5.85. The van der Waals surface area contributed by atoms with Crippen molar-refractivity contribution in [1.29, 1.82) is 0 Å². The van der Waals surface area contributed by atoms with Crippen LogP contribution in [0.2, 0.25) is 0 Å². The zero-order valence-corrected chi connectivity index (χ0v) is 14.7. The first-order valence-electron chi connectivity index (χ1n) is 8.34. The molecular weight excluding hydrogens is 337 g/mol. The molecule has 1 atom stereocenters. The minimum Gasteiger partial charge on any atom is -0.314 e. The number of halogens is 2. The van der Waals surface area contributed by atoms with Gasteiger partial charge in [-0.1, -0.05) is 36.4 Å². The maximum absolute atomic E-state index is 13.6. The van der Waals surface area contributed by atoms with E-state index in [1.54, 1.807) is 12.1 Å². The second-order valence-corrected chi connectivity index (χ2v) is 6.24. The van der Waals surface area contributed by atoms with Crippen LogP contribution in [0.25, 0.3) is 10.9 Å². The Morgan fingerprint density at radius 3 is 2.84 bits per heavy atom. The summed E-state index contributed by atoms with van der Waals surface area (Å²) in [6.45, 7) is 3.53. The lowest BCUT2D eigenvalue weighted by Crippen LogP contribution is -2.45. The Labute approximate surface area is 153 Å². The number of hydrogen-bond donors (Lipinski definition) is 1. The van der Waals surface area contributed by atoms with Crippen LogP contribution < -0.4 is 5.32 Å². The van der Waals surface area contributed by atoms with Gasteiger partial charge >= 0.3 is 0 Å². The minimum absolute atomic E-state index is 0. The van der Waals surface area contributed by atoms with Crippen molar-refractivity contribution in [1.82, 2.24) is 15.2 Å². The van der Waals surface area contributed by atoms with Gasteiger partial charge in [-0.3, -0.25) is 9.88 Å². The van der Waals surface area contributed by atoms with Crippen LogP contribution in [0.1, 0.15) is 17.2 Å². The Morgan fingerprint density at radius 2 is 1.96 bits per heavy atom. The first kappa shape index (κ1) is 17.8. The van der Waals surface area contributed by atoms with Crippen LogP contribution in [0.5, 0.6) is 0 Å². The fourth-order valence-corrected chi connectivity index (χ4v) is 3.49. The molecule has 0 bridgehead atoms. The highest BCUT2D eigenvalue weighted by Crippen LogP contribution is 2.26. The molecule has 1 unspecified atom stereocenters. The van der Waals surface area contributed by atoms with E-state index in [1.165, 1.54) is 11.6 Å². The molecule has 1 aromatic heterocycles. The number of nitrogens with zero attached hydrogens (tertiary/aromatic N) is 2. The second-order valence-electron chi connectivity index (χ2n) is 6.24. The first-order valence-corrected chi connectivity index (χ1v) is 8.34. The lowest BCUT2D eigenvalue weighted by Gasteiger charge is -2.36. The van der Waals surface area contributed by atoms with Crippen molar-refractivity contribution in [2.45, 2.75) is 12.6 Å². The van der Waals surface area contributed by atoms with E-state index in [0.29, 0.717) is 0 Å². The molecule has 3 nitrogen and oxygen atoms in total. The number of fused-ring (bicyclic) bond motifs is 1. The number of pyridine rings is 1. The quantitative estimate of drug-likeness (QED) is 0.769. The molecule has 3 aromatic rings. The zero-order chi connectivity index (χ0) is 16.4. The van der Waals surface area contributed by atoms with Crippen molar-refractivity contribution in [3.05, 3.63) is 77.7 Å². The van der Waals surface area contributed by atoms with Crippen LogP contribution in [0.3, 0.4) is 0 Å². The van der Waals surface area contributed by atoms with E-state index in [-0.39, 0.29) is 24.3 Å². The fourth-order valence-electron chi connectivity index (χ4n) is 3.49. The van der Waals surface area contributed by atoms with Gasteiger partial charge in [-0.2, -0.15) is 0 Å². The molecule has 0 radical (unpaired) electrons. The summed E-state index contributed by atoms with van der Waals surface area (Å²) in [5.41, 5.74) is 3.29. The molecule has 1 aliphatic rings. The van der Waals surface area contributed by atoms with E-state index in [2.05, 4.69) is 39.5 Å². The molecular formula is C20H21ClFN3. The van der Waals surface area contributed by atoms with Crippen LogP contribution in [0, 0.1) is 5.82 Å². The third kappa shape index (κ3) is 3.82. The monoisotopic (exact) mass is 357 g/mol. The Kier molecular flexibility index (Phi) is 5.63. The molecule has 130 valence electrons. The lowest BCUT2D eigenvalue weighted by atomic mass is 10.0. The van der Waals surface area contributed by atoms with Crippen LogP contribution in [0.15, 0.2) is 60.8 Å². The SMILES string of the molecule is Cl.Fc1cccc(C2CNCCN2Cc2cccc3cccnc23)c1. The van der Waals surface area contributed by atoms with Crippen molar-refractivity contribution in [2.75, 3.05) is 19.6 Å². The number of piperazine rings is 1. The number of para-hydroxylation sites is 1. The lowest BCUT2D eigenvalue weighted by molar-refractivity contribution is 0.154. The number of aromatic nitrogens is 1. The molecule has 0 saturated carbocycles. The van der Waals surface area contributed by atoms with Gasteiger partial charge in [0.2, 0.25) is 0 Å². The predicted molar refractivity (Wildman–Crippen MR) is 101 cm³/mol. The summed E-state index contributed by atoms with van der Waals surface area (Å²) in [4.78, 5) is 6.97. The van der Waals surface area contributed by atoms with Crippen LogP contribution in [0.4, 0.5) is 4.39 Å². The van der Waals surface area contributed by atoms with Crippen LogP contribution in [-0.2, 0) is 6.54 Å². The number of rotatable bonds is 3. The van der Waals surface area contributed by atoms with E-state index < -0.39 is 0 Å².